The lowest BCUT2D eigenvalue weighted by atomic mass is 9.82. The highest BCUT2D eigenvalue weighted by molar-refractivity contribution is 8.00. The molecule has 44 heavy (non-hydrogen) atoms. The highest BCUT2D eigenvalue weighted by Gasteiger charge is 2.46. The number of thioether (sulfide) groups is 1. The summed E-state index contributed by atoms with van der Waals surface area (Å²) in [6.07, 6.45) is 1.82. The van der Waals surface area contributed by atoms with Crippen molar-refractivity contribution in [3.8, 4) is 0 Å². The Bertz CT molecular complexity index is 1080. The normalized spacial score (nSPS) is 19.2. The van der Waals surface area contributed by atoms with E-state index in [-0.39, 0.29) is 30.1 Å². The van der Waals surface area contributed by atoms with Gasteiger partial charge in [-0.1, -0.05) is 82.2 Å². The third-order valence-corrected chi connectivity index (χ3v) is 8.70. The SMILES string of the molecule is C=CCNC(=O)C(=O)C(NC(=O)[C@@H]1C[C@@H](C(C)C)CN1C(=O)[C@@H](NC(=O)N[C@H](C(=O)C(C)(C)C)C(C)C)C(C)(C)C)SCC. The summed E-state index contributed by atoms with van der Waals surface area (Å²) in [5.74, 6) is -2.26. The van der Waals surface area contributed by atoms with Crippen molar-refractivity contribution in [3.05, 3.63) is 12.7 Å². The van der Waals surface area contributed by atoms with E-state index < -0.39 is 63.9 Å². The van der Waals surface area contributed by atoms with Crippen LogP contribution in [0.3, 0.4) is 0 Å². The first kappa shape index (κ1) is 39.1. The van der Waals surface area contributed by atoms with Crippen molar-refractivity contribution in [3.63, 3.8) is 0 Å². The molecule has 0 spiro atoms. The smallest absolute Gasteiger partial charge is 0.316 e. The van der Waals surface area contributed by atoms with Crippen LogP contribution in [0.4, 0.5) is 4.79 Å². The number of carbonyl (C=O) groups is 6. The third-order valence-electron chi connectivity index (χ3n) is 7.70. The van der Waals surface area contributed by atoms with Crippen molar-refractivity contribution >= 4 is 47.1 Å². The number of hydrogen-bond donors (Lipinski definition) is 4. The Hall–Kier alpha value is -2.89. The van der Waals surface area contributed by atoms with E-state index in [1.807, 2.05) is 55.4 Å². The fourth-order valence-corrected chi connectivity index (χ4v) is 5.71. The molecule has 11 nitrogen and oxygen atoms in total. The van der Waals surface area contributed by atoms with Crippen molar-refractivity contribution in [1.29, 1.82) is 0 Å². The molecule has 1 saturated heterocycles. The zero-order chi connectivity index (χ0) is 34.2. The van der Waals surface area contributed by atoms with Crippen LogP contribution < -0.4 is 21.3 Å². The van der Waals surface area contributed by atoms with Crippen molar-refractivity contribution < 1.29 is 28.8 Å². The molecule has 0 saturated carbocycles. The molecule has 0 aromatic rings. The van der Waals surface area contributed by atoms with Gasteiger partial charge in [-0.15, -0.1) is 18.3 Å². The largest absolute Gasteiger partial charge is 0.346 e. The first-order valence-corrected chi connectivity index (χ1v) is 16.5. The predicted molar refractivity (Wildman–Crippen MR) is 175 cm³/mol. The lowest BCUT2D eigenvalue weighted by Crippen LogP contribution is -2.61. The molecule has 250 valence electrons. The second-order valence-corrected chi connectivity index (χ2v) is 15.6. The van der Waals surface area contributed by atoms with E-state index in [1.165, 1.54) is 11.0 Å². The maximum absolute atomic E-state index is 14.2. The molecule has 0 aromatic heterocycles. The van der Waals surface area contributed by atoms with E-state index in [9.17, 15) is 28.8 Å². The van der Waals surface area contributed by atoms with Gasteiger partial charge in [0.1, 0.15) is 17.5 Å². The van der Waals surface area contributed by atoms with E-state index >= 15 is 0 Å². The van der Waals surface area contributed by atoms with Crippen LogP contribution in [-0.4, -0.2) is 82.6 Å². The molecule has 1 heterocycles. The number of likely N-dealkylation sites (tertiary alicyclic amines) is 1. The average Bonchev–Trinajstić information content (AvgIpc) is 3.37. The number of ketones is 2. The maximum Gasteiger partial charge on any atom is 0.316 e. The molecule has 1 rings (SSSR count). The van der Waals surface area contributed by atoms with Crippen molar-refractivity contribution in [1.82, 2.24) is 26.2 Å². The summed E-state index contributed by atoms with van der Waals surface area (Å²) in [5.41, 5.74) is -1.42. The van der Waals surface area contributed by atoms with Crippen LogP contribution >= 0.6 is 11.8 Å². The van der Waals surface area contributed by atoms with Crippen molar-refractivity contribution in [2.24, 2.45) is 28.6 Å². The zero-order valence-corrected chi connectivity index (χ0v) is 29.3. The van der Waals surface area contributed by atoms with Gasteiger partial charge in [0.25, 0.3) is 11.7 Å². The minimum atomic E-state index is -1.12. The molecule has 4 N–H and O–H groups in total. The van der Waals surface area contributed by atoms with Crippen LogP contribution in [-0.2, 0) is 24.0 Å². The molecule has 1 aliphatic heterocycles. The molecule has 12 heteroatoms. The third kappa shape index (κ3) is 10.9. The molecule has 0 radical (unpaired) electrons. The molecule has 1 fully saturated rings. The van der Waals surface area contributed by atoms with Crippen LogP contribution in [0.25, 0.3) is 0 Å². The topological polar surface area (TPSA) is 154 Å². The summed E-state index contributed by atoms with van der Waals surface area (Å²) >= 11 is 1.12. The van der Waals surface area contributed by atoms with E-state index in [0.29, 0.717) is 18.7 Å². The lowest BCUT2D eigenvalue weighted by Gasteiger charge is -2.36. The van der Waals surface area contributed by atoms with Crippen molar-refractivity contribution in [2.75, 3.05) is 18.8 Å². The van der Waals surface area contributed by atoms with Gasteiger partial charge >= 0.3 is 6.03 Å². The Morgan fingerprint density at radius 3 is 2.00 bits per heavy atom. The van der Waals surface area contributed by atoms with Crippen LogP contribution in [0.15, 0.2) is 12.7 Å². The summed E-state index contributed by atoms with van der Waals surface area (Å²) in [6.45, 7) is 24.3. The summed E-state index contributed by atoms with van der Waals surface area (Å²) in [5, 5.41) is 9.60. The summed E-state index contributed by atoms with van der Waals surface area (Å²) in [7, 11) is 0. The number of amides is 5. The Morgan fingerprint density at radius 1 is 0.955 bits per heavy atom. The van der Waals surface area contributed by atoms with Gasteiger partial charge in [-0.2, -0.15) is 0 Å². The van der Waals surface area contributed by atoms with Gasteiger partial charge in [0.05, 0.1) is 6.04 Å². The molecule has 1 aliphatic rings. The number of rotatable bonds is 14. The van der Waals surface area contributed by atoms with Gasteiger partial charge in [0, 0.05) is 18.5 Å². The van der Waals surface area contributed by atoms with E-state index in [0.717, 1.165) is 11.8 Å². The summed E-state index contributed by atoms with van der Waals surface area (Å²) < 4.78 is 0. The van der Waals surface area contributed by atoms with Crippen molar-refractivity contribution in [2.45, 2.75) is 106 Å². The first-order valence-electron chi connectivity index (χ1n) is 15.4. The van der Waals surface area contributed by atoms with E-state index in [1.54, 1.807) is 20.8 Å². The molecule has 0 aromatic carbocycles. The van der Waals surface area contributed by atoms with Crippen LogP contribution in [0.2, 0.25) is 0 Å². The number of nitrogens with zero attached hydrogens (tertiary/aromatic N) is 1. The van der Waals surface area contributed by atoms with Gasteiger partial charge in [0.15, 0.2) is 5.78 Å². The van der Waals surface area contributed by atoms with Gasteiger partial charge in [-0.05, 0) is 35.3 Å². The Kier molecular flexibility index (Phi) is 14.6. The highest BCUT2D eigenvalue weighted by atomic mass is 32.2. The first-order chi connectivity index (χ1) is 20.2. The van der Waals surface area contributed by atoms with Gasteiger partial charge in [0.2, 0.25) is 11.8 Å². The molecular weight excluding hydrogens is 582 g/mol. The minimum absolute atomic E-state index is 0.00254. The number of hydrogen-bond acceptors (Lipinski definition) is 7. The Balaban J connectivity index is 3.31. The summed E-state index contributed by atoms with van der Waals surface area (Å²) in [6, 6.07) is -3.32. The number of nitrogens with one attached hydrogen (secondary N) is 4. The number of carbonyl (C=O) groups excluding carboxylic acids is 6. The van der Waals surface area contributed by atoms with E-state index in [2.05, 4.69) is 27.8 Å². The number of Topliss-reactive ketones (excluding diaryl/α,β-unsaturated/α-hetero) is 2. The molecular formula is C32H55N5O6S. The number of urea groups is 1. The Labute approximate surface area is 267 Å². The summed E-state index contributed by atoms with van der Waals surface area (Å²) in [4.78, 5) is 80.9. The molecule has 0 bridgehead atoms. The standard InChI is InChI=1S/C32H55N5O6S/c1-13-15-33-27(41)23(38)28(44-14-2)36-26(40)21-16-20(18(3)4)17-37(21)29(42)24(31(7,8)9)35-30(43)34-22(19(5)6)25(39)32(10,11)12/h13,18-22,24,28H,1,14-17H2,2-12H3,(H,33,41)(H,36,40)(H2,34,35,43)/t20-,21+,22+,24-,28?/m1/s1. The second-order valence-electron chi connectivity index (χ2n) is 14.2. The molecule has 0 aliphatic carbocycles. The minimum Gasteiger partial charge on any atom is -0.346 e. The quantitative estimate of drug-likeness (QED) is 0.130. The van der Waals surface area contributed by atoms with Crippen LogP contribution in [0.1, 0.15) is 82.6 Å². The monoisotopic (exact) mass is 637 g/mol. The molecule has 5 amide bonds. The molecule has 1 unspecified atom stereocenters. The highest BCUT2D eigenvalue weighted by Crippen LogP contribution is 2.32. The van der Waals surface area contributed by atoms with Gasteiger partial charge in [-0.3, -0.25) is 24.0 Å². The maximum atomic E-state index is 14.2. The molecule has 5 atom stereocenters. The fourth-order valence-electron chi connectivity index (χ4n) is 4.92. The van der Waals surface area contributed by atoms with E-state index in [4.69, 9.17) is 0 Å². The predicted octanol–water partition coefficient (Wildman–Crippen LogP) is 3.28. The fraction of sp³-hybridized carbons (Fsp3) is 0.750. The average molecular weight is 638 g/mol. The van der Waals surface area contributed by atoms with Crippen LogP contribution in [0.5, 0.6) is 0 Å². The van der Waals surface area contributed by atoms with Gasteiger partial charge < -0.3 is 26.2 Å². The second kappa shape index (κ2) is 16.4. The Morgan fingerprint density at radius 2 is 1.55 bits per heavy atom. The van der Waals surface area contributed by atoms with Crippen LogP contribution in [0, 0.1) is 28.6 Å². The zero-order valence-electron chi connectivity index (χ0n) is 28.5. The van der Waals surface area contributed by atoms with Gasteiger partial charge in [-0.25, -0.2) is 4.79 Å². The lowest BCUT2D eigenvalue weighted by molar-refractivity contribution is -0.143.